The Morgan fingerprint density at radius 3 is 2.34 bits per heavy atom. The fraction of sp³-hybridized carbons (Fsp3) is 0.0857. The molecule has 3 amide bonds. The van der Waals surface area contributed by atoms with E-state index in [1.54, 1.807) is 78.9 Å². The van der Waals surface area contributed by atoms with Crippen molar-refractivity contribution in [3.05, 3.63) is 124 Å². The van der Waals surface area contributed by atoms with Gasteiger partial charge in [-0.15, -0.1) is 23.1 Å². The number of ether oxygens (including phenoxy) is 2. The normalized spacial score (nSPS) is 11.0. The van der Waals surface area contributed by atoms with Crippen LogP contribution in [0.4, 0.5) is 10.8 Å². The Bertz CT molecular complexity index is 1910. The minimum absolute atomic E-state index is 0.000378. The number of thiazole rings is 1. The molecule has 0 saturated heterocycles. The standard InChI is InChI=1S/C35H29ClN4O5S2/c1-44-30-14-8-11-23(32(30)45-2)19-28(38-33(42)22-9-4-3-5-10-22)34(43)37-24-15-17-25(18-16-24)46-21-31(41)40-35-39-29(20-47-35)26-12-6-7-13-27(26)36/h3-20H,21H2,1-2H3,(H,37,43)(H,38,42)(H,39,40,41)/b28-19-. The minimum Gasteiger partial charge on any atom is -0.493 e. The highest BCUT2D eigenvalue weighted by atomic mass is 35.5. The van der Waals surface area contributed by atoms with Crippen LogP contribution in [0, 0.1) is 0 Å². The molecule has 0 aliphatic carbocycles. The second-order valence-corrected chi connectivity index (χ2v) is 12.1. The molecule has 9 nitrogen and oxygen atoms in total. The van der Waals surface area contributed by atoms with Gasteiger partial charge in [0.15, 0.2) is 16.6 Å². The van der Waals surface area contributed by atoms with E-state index in [0.717, 1.165) is 10.5 Å². The van der Waals surface area contributed by atoms with Gasteiger partial charge in [0.2, 0.25) is 5.91 Å². The number of carbonyl (C=O) groups is 3. The summed E-state index contributed by atoms with van der Waals surface area (Å²) in [6.45, 7) is 0. The van der Waals surface area contributed by atoms with Crippen LogP contribution in [-0.2, 0) is 9.59 Å². The van der Waals surface area contributed by atoms with E-state index in [2.05, 4.69) is 20.9 Å². The van der Waals surface area contributed by atoms with E-state index in [9.17, 15) is 14.4 Å². The first-order valence-electron chi connectivity index (χ1n) is 14.2. The summed E-state index contributed by atoms with van der Waals surface area (Å²) in [5, 5.41) is 11.3. The largest absolute Gasteiger partial charge is 0.493 e. The Morgan fingerprint density at radius 2 is 1.62 bits per heavy atom. The summed E-state index contributed by atoms with van der Waals surface area (Å²) >= 11 is 8.93. The van der Waals surface area contributed by atoms with Crippen LogP contribution in [0.15, 0.2) is 113 Å². The van der Waals surface area contributed by atoms with Gasteiger partial charge in [-0.3, -0.25) is 14.4 Å². The van der Waals surface area contributed by atoms with Crippen molar-refractivity contribution < 1.29 is 23.9 Å². The molecule has 0 radical (unpaired) electrons. The van der Waals surface area contributed by atoms with Gasteiger partial charge in [0.1, 0.15) is 5.70 Å². The van der Waals surface area contributed by atoms with Gasteiger partial charge in [-0.05, 0) is 54.6 Å². The van der Waals surface area contributed by atoms with Gasteiger partial charge in [0.05, 0.1) is 25.7 Å². The molecule has 4 aromatic carbocycles. The van der Waals surface area contributed by atoms with E-state index < -0.39 is 11.8 Å². The summed E-state index contributed by atoms with van der Waals surface area (Å²) in [7, 11) is 3.02. The van der Waals surface area contributed by atoms with Gasteiger partial charge in [-0.2, -0.15) is 0 Å². The predicted octanol–water partition coefficient (Wildman–Crippen LogP) is 7.62. The maximum absolute atomic E-state index is 13.5. The molecule has 47 heavy (non-hydrogen) atoms. The molecule has 0 bridgehead atoms. The van der Waals surface area contributed by atoms with Crippen molar-refractivity contribution in [1.82, 2.24) is 10.3 Å². The molecule has 0 atom stereocenters. The Hall–Kier alpha value is -5.10. The lowest BCUT2D eigenvalue weighted by Gasteiger charge is -2.14. The molecule has 1 aromatic heterocycles. The SMILES string of the molecule is COc1cccc(/C=C(\NC(=O)c2ccccc2)C(=O)Nc2ccc(SCC(=O)Nc3nc(-c4ccccc4Cl)cs3)cc2)c1OC. The molecule has 3 N–H and O–H groups in total. The quantitative estimate of drug-likeness (QED) is 0.0914. The molecule has 1 heterocycles. The van der Waals surface area contributed by atoms with Crippen molar-refractivity contribution >= 4 is 69.3 Å². The van der Waals surface area contributed by atoms with Crippen LogP contribution >= 0.6 is 34.7 Å². The smallest absolute Gasteiger partial charge is 0.272 e. The van der Waals surface area contributed by atoms with Crippen LogP contribution in [0.25, 0.3) is 17.3 Å². The second-order valence-electron chi connectivity index (χ2n) is 9.79. The molecule has 5 aromatic rings. The first-order chi connectivity index (χ1) is 22.8. The van der Waals surface area contributed by atoms with Crippen LogP contribution in [0.2, 0.25) is 5.02 Å². The van der Waals surface area contributed by atoms with Crippen LogP contribution in [-0.4, -0.2) is 42.7 Å². The fourth-order valence-corrected chi connectivity index (χ4v) is 6.04. The van der Waals surface area contributed by atoms with E-state index in [1.807, 2.05) is 23.6 Å². The third-order valence-electron chi connectivity index (χ3n) is 6.64. The number of thioether (sulfide) groups is 1. The monoisotopic (exact) mass is 684 g/mol. The van der Waals surface area contributed by atoms with Gasteiger partial charge < -0.3 is 25.4 Å². The number of aromatic nitrogens is 1. The Morgan fingerprint density at radius 1 is 0.872 bits per heavy atom. The predicted molar refractivity (Wildman–Crippen MR) is 188 cm³/mol. The molecule has 5 rings (SSSR count). The van der Waals surface area contributed by atoms with Crippen LogP contribution in [0.3, 0.4) is 0 Å². The number of halogens is 1. The average Bonchev–Trinajstić information content (AvgIpc) is 3.55. The summed E-state index contributed by atoms with van der Waals surface area (Å²) < 4.78 is 10.9. The zero-order valence-corrected chi connectivity index (χ0v) is 27.7. The van der Waals surface area contributed by atoms with E-state index in [0.29, 0.717) is 44.2 Å². The number of nitrogens with one attached hydrogen (secondary N) is 3. The van der Waals surface area contributed by atoms with Gasteiger partial charge in [0.25, 0.3) is 11.8 Å². The third-order valence-corrected chi connectivity index (χ3v) is 8.74. The van der Waals surface area contributed by atoms with Crippen molar-refractivity contribution in [3.8, 4) is 22.8 Å². The van der Waals surface area contributed by atoms with Crippen molar-refractivity contribution in [2.45, 2.75) is 4.90 Å². The van der Waals surface area contributed by atoms with Gasteiger partial charge in [-0.1, -0.05) is 60.1 Å². The van der Waals surface area contributed by atoms with E-state index in [-0.39, 0.29) is 17.4 Å². The number of methoxy groups -OCH3 is 2. The van der Waals surface area contributed by atoms with Gasteiger partial charge in [-0.25, -0.2) is 4.98 Å². The molecular weight excluding hydrogens is 656 g/mol. The summed E-state index contributed by atoms with van der Waals surface area (Å²) in [6.07, 6.45) is 1.53. The highest BCUT2D eigenvalue weighted by molar-refractivity contribution is 8.00. The van der Waals surface area contributed by atoms with Crippen LogP contribution in [0.5, 0.6) is 11.5 Å². The molecule has 238 valence electrons. The maximum Gasteiger partial charge on any atom is 0.272 e. The lowest BCUT2D eigenvalue weighted by atomic mass is 10.1. The average molecular weight is 685 g/mol. The minimum atomic E-state index is -0.543. The van der Waals surface area contributed by atoms with Crippen LogP contribution in [0.1, 0.15) is 15.9 Å². The Labute approximate surface area is 285 Å². The number of anilines is 2. The lowest BCUT2D eigenvalue weighted by molar-refractivity contribution is -0.114. The van der Waals surface area contributed by atoms with Crippen molar-refractivity contribution in [2.24, 2.45) is 0 Å². The molecule has 0 aliphatic rings. The molecule has 0 aliphatic heterocycles. The number of carbonyl (C=O) groups excluding carboxylic acids is 3. The summed E-state index contributed by atoms with van der Waals surface area (Å²) in [5.41, 5.74) is 2.92. The van der Waals surface area contributed by atoms with Crippen molar-refractivity contribution in [1.29, 1.82) is 0 Å². The number of hydrogen-bond donors (Lipinski definition) is 3. The van der Waals surface area contributed by atoms with Crippen molar-refractivity contribution in [3.63, 3.8) is 0 Å². The maximum atomic E-state index is 13.5. The van der Waals surface area contributed by atoms with Crippen LogP contribution < -0.4 is 25.4 Å². The molecule has 0 fully saturated rings. The zero-order chi connectivity index (χ0) is 33.2. The topological polar surface area (TPSA) is 119 Å². The number of rotatable bonds is 12. The molecule has 0 unspecified atom stereocenters. The number of nitrogens with zero attached hydrogens (tertiary/aromatic N) is 1. The first kappa shape index (κ1) is 33.3. The summed E-state index contributed by atoms with van der Waals surface area (Å²) in [6, 6.07) is 28.3. The Balaban J connectivity index is 1.23. The Kier molecular flexibility index (Phi) is 11.3. The number of benzene rings is 4. The van der Waals surface area contributed by atoms with Gasteiger partial charge >= 0.3 is 0 Å². The number of amides is 3. The molecule has 12 heteroatoms. The first-order valence-corrected chi connectivity index (χ1v) is 16.4. The van der Waals surface area contributed by atoms with Gasteiger partial charge in [0, 0.05) is 37.7 Å². The summed E-state index contributed by atoms with van der Waals surface area (Å²) in [5.74, 6) is -0.145. The third kappa shape index (κ3) is 8.79. The molecule has 0 saturated carbocycles. The molecular formula is C35H29ClN4O5S2. The zero-order valence-electron chi connectivity index (χ0n) is 25.3. The highest BCUT2D eigenvalue weighted by Gasteiger charge is 2.18. The molecule has 0 spiro atoms. The van der Waals surface area contributed by atoms with E-state index in [1.165, 1.54) is 43.4 Å². The number of para-hydroxylation sites is 1. The van der Waals surface area contributed by atoms with Crippen molar-refractivity contribution in [2.75, 3.05) is 30.6 Å². The van der Waals surface area contributed by atoms with E-state index >= 15 is 0 Å². The summed E-state index contributed by atoms with van der Waals surface area (Å²) in [4.78, 5) is 44.4. The fourth-order valence-electron chi connectivity index (χ4n) is 4.38. The lowest BCUT2D eigenvalue weighted by Crippen LogP contribution is -2.30. The highest BCUT2D eigenvalue weighted by Crippen LogP contribution is 2.33. The second kappa shape index (κ2) is 15.9. The van der Waals surface area contributed by atoms with E-state index in [4.69, 9.17) is 21.1 Å². The number of hydrogen-bond acceptors (Lipinski definition) is 8.